The summed E-state index contributed by atoms with van der Waals surface area (Å²) < 4.78 is 19.9. The first-order chi connectivity index (χ1) is 10.8. The maximum Gasteiger partial charge on any atom is 0.205 e. The lowest BCUT2D eigenvalue weighted by Gasteiger charge is -2.37. The molecule has 118 valence electrons. The van der Waals surface area contributed by atoms with Crippen LogP contribution in [0.5, 0.6) is 0 Å². The zero-order chi connectivity index (χ0) is 16.8. The minimum atomic E-state index is -0.798. The number of Topliss-reactive ketones (excluding diaryl/α,β-unsaturated/α-hetero) is 1. The van der Waals surface area contributed by atoms with Crippen molar-refractivity contribution in [2.75, 3.05) is 0 Å². The van der Waals surface area contributed by atoms with Crippen molar-refractivity contribution in [3.8, 4) is 6.07 Å². The van der Waals surface area contributed by atoms with Crippen LogP contribution < -0.4 is 5.73 Å². The summed E-state index contributed by atoms with van der Waals surface area (Å²) in [6, 6.07) is 8.12. The SMILES string of the molecule is CC1(C)CC(=O)C2=C(C1)OC(N)=C(C#N)[C@@H]2c1ccccc1F. The lowest BCUT2D eigenvalue weighted by Crippen LogP contribution is -2.33. The van der Waals surface area contributed by atoms with E-state index < -0.39 is 11.7 Å². The van der Waals surface area contributed by atoms with Crippen molar-refractivity contribution in [2.45, 2.75) is 32.6 Å². The van der Waals surface area contributed by atoms with E-state index >= 15 is 0 Å². The molecule has 0 aromatic heterocycles. The van der Waals surface area contributed by atoms with Gasteiger partial charge in [0.25, 0.3) is 0 Å². The van der Waals surface area contributed by atoms with Gasteiger partial charge >= 0.3 is 0 Å². The number of nitrogens with two attached hydrogens (primary N) is 1. The van der Waals surface area contributed by atoms with Crippen LogP contribution in [0.1, 0.15) is 38.2 Å². The molecule has 23 heavy (non-hydrogen) atoms. The van der Waals surface area contributed by atoms with Crippen molar-refractivity contribution in [3.63, 3.8) is 0 Å². The zero-order valence-corrected chi connectivity index (χ0v) is 13.0. The Morgan fingerprint density at radius 2 is 2.04 bits per heavy atom. The number of carbonyl (C=O) groups is 1. The van der Waals surface area contributed by atoms with Gasteiger partial charge in [-0.3, -0.25) is 4.79 Å². The topological polar surface area (TPSA) is 76.1 Å². The predicted molar refractivity (Wildman–Crippen MR) is 82.1 cm³/mol. The smallest absolute Gasteiger partial charge is 0.205 e. The maximum absolute atomic E-state index is 14.3. The third-order valence-corrected chi connectivity index (χ3v) is 4.29. The van der Waals surface area contributed by atoms with Crippen LogP contribution in [0.3, 0.4) is 0 Å². The molecule has 0 saturated carbocycles. The third-order valence-electron chi connectivity index (χ3n) is 4.29. The lowest BCUT2D eigenvalue weighted by molar-refractivity contribution is -0.119. The Morgan fingerprint density at radius 1 is 1.35 bits per heavy atom. The van der Waals surface area contributed by atoms with Gasteiger partial charge in [-0.05, 0) is 11.5 Å². The van der Waals surface area contributed by atoms with Crippen LogP contribution in [0.4, 0.5) is 4.39 Å². The van der Waals surface area contributed by atoms with Crippen molar-refractivity contribution < 1.29 is 13.9 Å². The summed E-state index contributed by atoms with van der Waals surface area (Å²) in [6.07, 6.45) is 0.858. The van der Waals surface area contributed by atoms with E-state index in [9.17, 15) is 14.4 Å². The second-order valence-corrected chi connectivity index (χ2v) is 6.72. The van der Waals surface area contributed by atoms with Gasteiger partial charge in [-0.15, -0.1) is 0 Å². The zero-order valence-electron chi connectivity index (χ0n) is 13.0. The minimum Gasteiger partial charge on any atom is -0.444 e. The molecule has 0 radical (unpaired) electrons. The first-order valence-corrected chi connectivity index (χ1v) is 7.42. The molecule has 0 fully saturated rings. The largest absolute Gasteiger partial charge is 0.444 e. The van der Waals surface area contributed by atoms with E-state index in [-0.39, 0.29) is 28.2 Å². The standard InChI is InChI=1S/C18H17FN2O2/c1-18(2)7-13(22)16-14(8-18)23-17(21)11(9-20)15(16)10-5-3-4-6-12(10)19/h3-6,15H,7-8,21H2,1-2H3/t15-/m0/s1. The van der Waals surface area contributed by atoms with Gasteiger partial charge < -0.3 is 10.5 Å². The Bertz CT molecular complexity index is 799. The summed E-state index contributed by atoms with van der Waals surface area (Å²) in [4.78, 5) is 12.7. The Morgan fingerprint density at radius 3 is 2.70 bits per heavy atom. The average Bonchev–Trinajstić information content (AvgIpc) is 2.45. The molecular weight excluding hydrogens is 295 g/mol. The molecule has 4 nitrogen and oxygen atoms in total. The molecule has 3 rings (SSSR count). The highest BCUT2D eigenvalue weighted by Gasteiger charge is 2.43. The first-order valence-electron chi connectivity index (χ1n) is 7.42. The number of rotatable bonds is 1. The van der Waals surface area contributed by atoms with Gasteiger partial charge in [-0.2, -0.15) is 5.26 Å². The van der Waals surface area contributed by atoms with Gasteiger partial charge in [-0.25, -0.2) is 4.39 Å². The van der Waals surface area contributed by atoms with E-state index in [0.29, 0.717) is 24.2 Å². The molecule has 1 aliphatic carbocycles. The average molecular weight is 312 g/mol. The van der Waals surface area contributed by atoms with E-state index in [1.165, 1.54) is 6.07 Å². The molecule has 0 unspecified atom stereocenters. The molecule has 2 N–H and O–H groups in total. The van der Waals surface area contributed by atoms with Gasteiger partial charge in [-0.1, -0.05) is 32.0 Å². The molecule has 1 aromatic rings. The fourth-order valence-corrected chi connectivity index (χ4v) is 3.30. The van der Waals surface area contributed by atoms with Crippen LogP contribution in [-0.4, -0.2) is 5.78 Å². The van der Waals surface area contributed by atoms with E-state index in [0.717, 1.165) is 0 Å². The fraction of sp³-hybridized carbons (Fsp3) is 0.333. The highest BCUT2D eigenvalue weighted by molar-refractivity contribution is 6.00. The molecule has 2 aliphatic rings. The number of carbonyl (C=O) groups excluding carboxylic acids is 1. The summed E-state index contributed by atoms with van der Waals surface area (Å²) in [5, 5.41) is 9.44. The predicted octanol–water partition coefficient (Wildman–Crippen LogP) is 3.28. The molecule has 1 aromatic carbocycles. The van der Waals surface area contributed by atoms with Gasteiger partial charge in [0, 0.05) is 24.0 Å². The quantitative estimate of drug-likeness (QED) is 0.863. The van der Waals surface area contributed by atoms with E-state index in [4.69, 9.17) is 10.5 Å². The Labute approximate surface area is 134 Å². The van der Waals surface area contributed by atoms with Crippen LogP contribution in [0, 0.1) is 22.6 Å². The highest BCUT2D eigenvalue weighted by Crippen LogP contribution is 2.48. The lowest BCUT2D eigenvalue weighted by atomic mass is 9.70. The van der Waals surface area contributed by atoms with Gasteiger partial charge in [0.2, 0.25) is 5.88 Å². The molecule has 5 heteroatoms. The molecular formula is C18H17FN2O2. The summed E-state index contributed by atoms with van der Waals surface area (Å²) in [5.41, 5.74) is 6.35. The Kier molecular flexibility index (Phi) is 3.48. The Hall–Kier alpha value is -2.61. The minimum absolute atomic E-state index is 0.0509. The van der Waals surface area contributed by atoms with E-state index in [2.05, 4.69) is 0 Å². The highest BCUT2D eigenvalue weighted by atomic mass is 19.1. The van der Waals surface area contributed by atoms with E-state index in [1.54, 1.807) is 18.2 Å². The molecule has 1 heterocycles. The molecule has 0 saturated heterocycles. The second-order valence-electron chi connectivity index (χ2n) is 6.72. The maximum atomic E-state index is 14.3. The van der Waals surface area contributed by atoms with Crippen molar-refractivity contribution >= 4 is 5.78 Å². The summed E-state index contributed by atoms with van der Waals surface area (Å²) >= 11 is 0. The number of allylic oxidation sites excluding steroid dienone is 3. The summed E-state index contributed by atoms with van der Waals surface area (Å²) in [6.45, 7) is 3.94. The van der Waals surface area contributed by atoms with Crippen molar-refractivity contribution in [1.82, 2.24) is 0 Å². The van der Waals surface area contributed by atoms with E-state index in [1.807, 2.05) is 19.9 Å². The number of ether oxygens (including phenoxy) is 1. The molecule has 0 bridgehead atoms. The van der Waals surface area contributed by atoms with Crippen LogP contribution in [0.25, 0.3) is 0 Å². The first kappa shape index (κ1) is 15.3. The van der Waals surface area contributed by atoms with Crippen LogP contribution in [-0.2, 0) is 9.53 Å². The molecule has 1 atom stereocenters. The van der Waals surface area contributed by atoms with Gasteiger partial charge in [0.1, 0.15) is 23.2 Å². The number of ketones is 1. The third kappa shape index (κ3) is 2.50. The number of nitrogens with zero attached hydrogens (tertiary/aromatic N) is 1. The molecule has 1 aliphatic heterocycles. The number of hydrogen-bond acceptors (Lipinski definition) is 4. The number of benzene rings is 1. The monoisotopic (exact) mass is 312 g/mol. The van der Waals surface area contributed by atoms with Crippen molar-refractivity contribution in [3.05, 3.63) is 58.4 Å². The van der Waals surface area contributed by atoms with Crippen LogP contribution >= 0.6 is 0 Å². The van der Waals surface area contributed by atoms with Crippen molar-refractivity contribution in [2.24, 2.45) is 11.1 Å². The van der Waals surface area contributed by atoms with Crippen molar-refractivity contribution in [1.29, 1.82) is 5.26 Å². The summed E-state index contributed by atoms with van der Waals surface area (Å²) in [5.74, 6) is -0.983. The van der Waals surface area contributed by atoms with Gasteiger partial charge in [0.15, 0.2) is 5.78 Å². The second kappa shape index (κ2) is 5.24. The summed E-state index contributed by atoms with van der Waals surface area (Å²) in [7, 11) is 0. The fourth-order valence-electron chi connectivity index (χ4n) is 3.30. The number of nitriles is 1. The normalized spacial score (nSPS) is 23.2. The molecule has 0 amide bonds. The van der Waals surface area contributed by atoms with Crippen LogP contribution in [0.2, 0.25) is 0 Å². The van der Waals surface area contributed by atoms with Gasteiger partial charge in [0.05, 0.1) is 5.92 Å². The number of hydrogen-bond donors (Lipinski definition) is 1. The molecule has 0 spiro atoms. The Balaban J connectivity index is 2.22. The number of halogens is 1. The van der Waals surface area contributed by atoms with Crippen LogP contribution in [0.15, 0.2) is 47.1 Å².